The smallest absolute Gasteiger partial charge is 0.282 e. The minimum atomic E-state index is -2.78. The Morgan fingerprint density at radius 3 is 2.77 bits per heavy atom. The summed E-state index contributed by atoms with van der Waals surface area (Å²) in [4.78, 5) is 35.2. The molecule has 1 aliphatic heterocycles. The molecule has 2 N–H and O–H groups in total. The van der Waals surface area contributed by atoms with E-state index in [1.807, 2.05) is 31.2 Å². The van der Waals surface area contributed by atoms with Crippen LogP contribution in [0.4, 0.5) is 8.78 Å². The number of likely N-dealkylation sites (tertiary alicyclic amines) is 1. The van der Waals surface area contributed by atoms with Crippen LogP contribution in [-0.2, 0) is 4.79 Å². The Labute approximate surface area is 175 Å². The highest BCUT2D eigenvalue weighted by Gasteiger charge is 2.47. The fourth-order valence-electron chi connectivity index (χ4n) is 3.84. The fraction of sp³-hybridized carbons (Fsp3) is 0.381. The number of para-hydroxylation sites is 2. The van der Waals surface area contributed by atoms with Gasteiger partial charge in [0.25, 0.3) is 11.8 Å². The lowest BCUT2D eigenvalue weighted by Crippen LogP contribution is -2.58. The van der Waals surface area contributed by atoms with Crippen LogP contribution >= 0.6 is 11.3 Å². The molecule has 2 aromatic heterocycles. The van der Waals surface area contributed by atoms with E-state index >= 15 is 0 Å². The van der Waals surface area contributed by atoms with Crippen molar-refractivity contribution < 1.29 is 18.4 Å². The molecule has 1 saturated heterocycles. The standard InChI is InChI=1S/C21H20F2N4O2S/c1-11(16-6-7-17(30-16)20(29)27-9-21(22,23)10-27)24-19(28)13-8-12(13)18-25-14-4-2-3-5-15(14)26-18/h2-7,11-13H,8-10H2,1H3,(H,24,28)(H,25,26)/t11-,12-,13-/m1/s1. The number of fused-ring (bicyclic) bond motifs is 1. The van der Waals surface area contributed by atoms with Crippen molar-refractivity contribution in [2.45, 2.75) is 31.2 Å². The minimum absolute atomic E-state index is 0.0448. The molecule has 9 heteroatoms. The number of aromatic nitrogens is 2. The molecule has 2 aliphatic rings. The average molecular weight is 430 g/mol. The predicted molar refractivity (Wildman–Crippen MR) is 109 cm³/mol. The van der Waals surface area contributed by atoms with Gasteiger partial charge in [0, 0.05) is 16.7 Å². The van der Waals surface area contributed by atoms with Gasteiger partial charge in [-0.25, -0.2) is 13.8 Å². The SMILES string of the molecule is C[C@@H](NC(=O)[C@@H]1C[C@H]1c1nc2ccccc2[nH]1)c1ccc(C(=O)N2CC(F)(F)C2)s1. The lowest BCUT2D eigenvalue weighted by atomic mass is 10.1. The zero-order valence-electron chi connectivity index (χ0n) is 16.2. The number of alkyl halides is 2. The molecule has 0 radical (unpaired) electrons. The van der Waals surface area contributed by atoms with Crippen LogP contribution < -0.4 is 5.32 Å². The molecule has 3 atom stereocenters. The number of carbonyl (C=O) groups is 2. The predicted octanol–water partition coefficient (Wildman–Crippen LogP) is 3.70. The number of amides is 2. The largest absolute Gasteiger partial charge is 0.349 e. The molecule has 6 nitrogen and oxygen atoms in total. The van der Waals surface area contributed by atoms with Crippen molar-refractivity contribution in [1.82, 2.24) is 20.2 Å². The topological polar surface area (TPSA) is 78.1 Å². The fourth-order valence-corrected chi connectivity index (χ4v) is 4.82. The Kier molecular flexibility index (Phi) is 4.39. The lowest BCUT2D eigenvalue weighted by Gasteiger charge is -2.38. The van der Waals surface area contributed by atoms with Gasteiger partial charge in [-0.05, 0) is 37.6 Å². The molecule has 3 heterocycles. The Balaban J connectivity index is 1.19. The summed E-state index contributed by atoms with van der Waals surface area (Å²) in [6, 6.07) is 10.9. The number of halogens is 2. The third-order valence-corrected chi connectivity index (χ3v) is 6.90. The lowest BCUT2D eigenvalue weighted by molar-refractivity contribution is -0.123. The van der Waals surface area contributed by atoms with E-state index in [1.54, 1.807) is 12.1 Å². The summed E-state index contributed by atoms with van der Waals surface area (Å²) in [5, 5.41) is 3.00. The number of benzene rings is 1. The average Bonchev–Trinajstić information content (AvgIpc) is 3.14. The Morgan fingerprint density at radius 2 is 2.03 bits per heavy atom. The van der Waals surface area contributed by atoms with E-state index in [0.717, 1.165) is 33.1 Å². The molecule has 156 valence electrons. The maximum atomic E-state index is 13.0. The Bertz CT molecular complexity index is 1100. The number of aromatic amines is 1. The number of nitrogens with one attached hydrogen (secondary N) is 2. The number of H-pyrrole nitrogens is 1. The molecule has 30 heavy (non-hydrogen) atoms. The summed E-state index contributed by atoms with van der Waals surface area (Å²) in [7, 11) is 0. The van der Waals surface area contributed by atoms with Crippen LogP contribution in [0, 0.1) is 5.92 Å². The summed E-state index contributed by atoms with van der Waals surface area (Å²) in [5.74, 6) is -2.42. The first-order valence-corrected chi connectivity index (χ1v) is 10.6. The van der Waals surface area contributed by atoms with Gasteiger partial charge in [-0.1, -0.05) is 12.1 Å². The number of imidazole rings is 1. The van der Waals surface area contributed by atoms with Crippen molar-refractivity contribution >= 4 is 34.2 Å². The second-order valence-corrected chi connectivity index (χ2v) is 9.15. The first-order chi connectivity index (χ1) is 14.3. The number of hydrogen-bond donors (Lipinski definition) is 2. The highest BCUT2D eigenvalue weighted by molar-refractivity contribution is 7.14. The van der Waals surface area contributed by atoms with Crippen LogP contribution in [0.2, 0.25) is 0 Å². The molecule has 1 saturated carbocycles. The number of rotatable bonds is 5. The molecule has 0 unspecified atom stereocenters. The van der Waals surface area contributed by atoms with E-state index in [1.165, 1.54) is 11.3 Å². The zero-order chi connectivity index (χ0) is 21.0. The second kappa shape index (κ2) is 6.87. The summed E-state index contributed by atoms with van der Waals surface area (Å²) in [5.41, 5.74) is 1.85. The third-order valence-electron chi connectivity index (χ3n) is 5.64. The highest BCUT2D eigenvalue weighted by Crippen LogP contribution is 2.47. The van der Waals surface area contributed by atoms with Crippen molar-refractivity contribution in [3.63, 3.8) is 0 Å². The van der Waals surface area contributed by atoms with E-state index < -0.39 is 19.0 Å². The first kappa shape index (κ1) is 19.2. The van der Waals surface area contributed by atoms with Crippen molar-refractivity contribution in [3.05, 3.63) is 52.0 Å². The van der Waals surface area contributed by atoms with Crippen LogP contribution in [-0.4, -0.2) is 45.7 Å². The Hall–Kier alpha value is -2.81. The van der Waals surface area contributed by atoms with Gasteiger partial charge < -0.3 is 15.2 Å². The van der Waals surface area contributed by atoms with Gasteiger partial charge >= 0.3 is 0 Å². The molecule has 0 bridgehead atoms. The van der Waals surface area contributed by atoms with E-state index in [-0.39, 0.29) is 29.7 Å². The van der Waals surface area contributed by atoms with Gasteiger partial charge in [0.2, 0.25) is 5.91 Å². The van der Waals surface area contributed by atoms with Gasteiger partial charge in [0.15, 0.2) is 0 Å². The molecule has 3 aromatic rings. The van der Waals surface area contributed by atoms with Crippen molar-refractivity contribution in [1.29, 1.82) is 0 Å². The summed E-state index contributed by atoms with van der Waals surface area (Å²) in [6.07, 6.45) is 0.746. The van der Waals surface area contributed by atoms with Gasteiger partial charge in [0.1, 0.15) is 5.82 Å². The zero-order valence-corrected chi connectivity index (χ0v) is 17.0. The first-order valence-electron chi connectivity index (χ1n) is 9.82. The van der Waals surface area contributed by atoms with Crippen LogP contribution in [0.25, 0.3) is 11.0 Å². The highest BCUT2D eigenvalue weighted by atomic mass is 32.1. The summed E-state index contributed by atoms with van der Waals surface area (Å²) >= 11 is 1.23. The number of nitrogens with zero attached hydrogens (tertiary/aromatic N) is 2. The van der Waals surface area contributed by atoms with Crippen LogP contribution in [0.1, 0.15) is 45.7 Å². The maximum absolute atomic E-state index is 13.0. The van der Waals surface area contributed by atoms with Gasteiger partial charge in [-0.3, -0.25) is 9.59 Å². The van der Waals surface area contributed by atoms with Crippen molar-refractivity contribution in [3.8, 4) is 0 Å². The van der Waals surface area contributed by atoms with Crippen LogP contribution in [0.3, 0.4) is 0 Å². The third kappa shape index (κ3) is 3.47. The molecule has 1 aliphatic carbocycles. The molecule has 1 aromatic carbocycles. The Morgan fingerprint density at radius 1 is 1.27 bits per heavy atom. The van der Waals surface area contributed by atoms with E-state index in [9.17, 15) is 18.4 Å². The minimum Gasteiger partial charge on any atom is -0.349 e. The quantitative estimate of drug-likeness (QED) is 0.648. The van der Waals surface area contributed by atoms with Crippen molar-refractivity contribution in [2.24, 2.45) is 5.92 Å². The second-order valence-electron chi connectivity index (χ2n) is 8.04. The van der Waals surface area contributed by atoms with Gasteiger partial charge in [-0.2, -0.15) is 0 Å². The number of thiophene rings is 1. The number of carbonyl (C=O) groups excluding carboxylic acids is 2. The van der Waals surface area contributed by atoms with E-state index in [4.69, 9.17) is 0 Å². The van der Waals surface area contributed by atoms with Gasteiger partial charge in [0.05, 0.1) is 35.0 Å². The van der Waals surface area contributed by atoms with E-state index in [0.29, 0.717) is 4.88 Å². The van der Waals surface area contributed by atoms with Crippen LogP contribution in [0.15, 0.2) is 36.4 Å². The maximum Gasteiger partial charge on any atom is 0.282 e. The summed E-state index contributed by atoms with van der Waals surface area (Å²) < 4.78 is 26.0. The molecule has 2 fully saturated rings. The molecule has 2 amide bonds. The number of hydrogen-bond acceptors (Lipinski definition) is 4. The van der Waals surface area contributed by atoms with E-state index in [2.05, 4.69) is 15.3 Å². The molecule has 0 spiro atoms. The van der Waals surface area contributed by atoms with Gasteiger partial charge in [-0.15, -0.1) is 11.3 Å². The molecular weight excluding hydrogens is 410 g/mol. The monoisotopic (exact) mass is 430 g/mol. The van der Waals surface area contributed by atoms with Crippen molar-refractivity contribution in [2.75, 3.05) is 13.1 Å². The molecular formula is C21H20F2N4O2S. The summed E-state index contributed by atoms with van der Waals surface area (Å²) in [6.45, 7) is 0.792. The molecule has 5 rings (SSSR count). The normalized spacial score (nSPS) is 23.1. The van der Waals surface area contributed by atoms with Crippen LogP contribution in [0.5, 0.6) is 0 Å².